The summed E-state index contributed by atoms with van der Waals surface area (Å²) in [6, 6.07) is 0. The van der Waals surface area contributed by atoms with Crippen LogP contribution < -0.4 is 5.32 Å². The van der Waals surface area contributed by atoms with E-state index in [1.54, 1.807) is 0 Å². The topological polar surface area (TPSA) is 29.1 Å². The molecular weight excluding hydrogens is 162 g/mol. The predicted octanol–water partition coefficient (Wildman–Crippen LogP) is 1.95. The number of nitrogens with one attached hydrogen (secondary N) is 1. The van der Waals surface area contributed by atoms with Gasteiger partial charge in [-0.2, -0.15) is 0 Å². The Labute approximate surface area is 80.1 Å². The molecular formula is C11H19NO. The van der Waals surface area contributed by atoms with E-state index in [1.165, 1.54) is 19.3 Å². The second kappa shape index (κ2) is 2.49. The molecule has 2 aliphatic rings. The van der Waals surface area contributed by atoms with Crippen molar-refractivity contribution in [1.29, 1.82) is 0 Å². The lowest BCUT2D eigenvalue weighted by molar-refractivity contribution is -0.110. The van der Waals surface area contributed by atoms with Gasteiger partial charge in [-0.25, -0.2) is 0 Å². The number of hydrogen-bond acceptors (Lipinski definition) is 1. The zero-order valence-corrected chi connectivity index (χ0v) is 8.76. The average Bonchev–Trinajstić information content (AvgIpc) is 2.48. The standard InChI is InChI=1S/C11H19NO/c1-8-4-5-9-10(2,3)11(9,6-8)12-7-13/h7-9H,4-6H2,1-3H3,(H,12,13). The van der Waals surface area contributed by atoms with E-state index in [-0.39, 0.29) is 5.54 Å². The van der Waals surface area contributed by atoms with Crippen LogP contribution in [0.1, 0.15) is 40.0 Å². The molecule has 13 heavy (non-hydrogen) atoms. The minimum absolute atomic E-state index is 0.145. The Balaban J connectivity index is 2.19. The molecule has 0 aromatic heterocycles. The van der Waals surface area contributed by atoms with Crippen LogP contribution in [0.3, 0.4) is 0 Å². The van der Waals surface area contributed by atoms with Gasteiger partial charge in [0.1, 0.15) is 0 Å². The summed E-state index contributed by atoms with van der Waals surface area (Å²) in [4.78, 5) is 10.6. The van der Waals surface area contributed by atoms with Crippen molar-refractivity contribution in [2.75, 3.05) is 0 Å². The summed E-state index contributed by atoms with van der Waals surface area (Å²) in [6.07, 6.45) is 4.68. The molecule has 2 heteroatoms. The number of hydrogen-bond donors (Lipinski definition) is 1. The SMILES string of the molecule is CC1CCC2C(C)(C)C2(NC=O)C1. The van der Waals surface area contributed by atoms with Crippen molar-refractivity contribution in [3.8, 4) is 0 Å². The number of carbonyl (C=O) groups is 1. The Morgan fingerprint density at radius 1 is 1.38 bits per heavy atom. The third-order valence-electron chi connectivity index (χ3n) is 4.47. The highest BCUT2D eigenvalue weighted by Gasteiger charge is 2.71. The molecule has 2 nitrogen and oxygen atoms in total. The van der Waals surface area contributed by atoms with Crippen LogP contribution in [0.4, 0.5) is 0 Å². The van der Waals surface area contributed by atoms with Gasteiger partial charge in [-0.3, -0.25) is 4.79 Å². The van der Waals surface area contributed by atoms with E-state index in [1.807, 2.05) is 0 Å². The van der Waals surface area contributed by atoms with Crippen molar-refractivity contribution in [3.63, 3.8) is 0 Å². The first kappa shape index (κ1) is 9.04. The second-order valence-corrected chi connectivity index (χ2v) is 5.39. The molecule has 0 aromatic rings. The van der Waals surface area contributed by atoms with Gasteiger partial charge in [0, 0.05) is 5.54 Å². The molecule has 3 unspecified atom stereocenters. The Bertz CT molecular complexity index is 236. The highest BCUT2D eigenvalue weighted by Crippen LogP contribution is 2.68. The fraction of sp³-hybridized carbons (Fsp3) is 0.909. The molecule has 0 heterocycles. The fourth-order valence-electron chi connectivity index (χ4n) is 3.53. The predicted molar refractivity (Wildman–Crippen MR) is 52.2 cm³/mol. The lowest BCUT2D eigenvalue weighted by Crippen LogP contribution is -2.39. The maximum Gasteiger partial charge on any atom is 0.207 e. The molecule has 0 spiro atoms. The Hall–Kier alpha value is -0.530. The summed E-state index contributed by atoms with van der Waals surface area (Å²) in [7, 11) is 0. The first-order valence-corrected chi connectivity index (χ1v) is 5.26. The van der Waals surface area contributed by atoms with Gasteiger partial charge in [-0.05, 0) is 30.1 Å². The van der Waals surface area contributed by atoms with Crippen LogP contribution in [-0.2, 0) is 4.79 Å². The molecule has 1 amide bonds. The molecule has 0 bridgehead atoms. The van der Waals surface area contributed by atoms with Crippen LogP contribution in [0.2, 0.25) is 0 Å². The minimum Gasteiger partial charge on any atom is -0.352 e. The second-order valence-electron chi connectivity index (χ2n) is 5.39. The summed E-state index contributed by atoms with van der Waals surface area (Å²) >= 11 is 0. The Morgan fingerprint density at radius 2 is 2.08 bits per heavy atom. The van der Waals surface area contributed by atoms with Gasteiger partial charge >= 0.3 is 0 Å². The van der Waals surface area contributed by atoms with E-state index in [0.717, 1.165) is 18.2 Å². The molecule has 2 fully saturated rings. The molecule has 2 aliphatic carbocycles. The number of amides is 1. The largest absolute Gasteiger partial charge is 0.352 e. The summed E-state index contributed by atoms with van der Waals surface area (Å²) in [5.41, 5.74) is 0.477. The molecule has 0 aromatic carbocycles. The van der Waals surface area contributed by atoms with E-state index in [9.17, 15) is 4.79 Å². The van der Waals surface area contributed by atoms with Crippen molar-refractivity contribution in [1.82, 2.24) is 5.32 Å². The third-order valence-corrected chi connectivity index (χ3v) is 4.47. The number of rotatable bonds is 2. The van der Waals surface area contributed by atoms with E-state index in [0.29, 0.717) is 5.41 Å². The van der Waals surface area contributed by atoms with E-state index >= 15 is 0 Å². The average molecular weight is 181 g/mol. The summed E-state index contributed by atoms with van der Waals surface area (Å²) in [6.45, 7) is 6.86. The molecule has 0 saturated heterocycles. The van der Waals surface area contributed by atoms with Gasteiger partial charge in [0.15, 0.2) is 0 Å². The molecule has 2 saturated carbocycles. The Kier molecular flexibility index (Phi) is 1.73. The van der Waals surface area contributed by atoms with Crippen molar-refractivity contribution in [2.45, 2.75) is 45.6 Å². The maximum atomic E-state index is 10.6. The fourth-order valence-corrected chi connectivity index (χ4v) is 3.53. The third kappa shape index (κ3) is 0.976. The first-order chi connectivity index (χ1) is 6.04. The van der Waals surface area contributed by atoms with Crippen LogP contribution in [-0.4, -0.2) is 11.9 Å². The molecule has 74 valence electrons. The quantitative estimate of drug-likeness (QED) is 0.648. The Morgan fingerprint density at radius 3 is 2.69 bits per heavy atom. The van der Waals surface area contributed by atoms with Crippen LogP contribution in [0.15, 0.2) is 0 Å². The van der Waals surface area contributed by atoms with Crippen LogP contribution in [0, 0.1) is 17.3 Å². The minimum atomic E-state index is 0.145. The normalized spacial score (nSPS) is 46.4. The van der Waals surface area contributed by atoms with E-state index in [2.05, 4.69) is 26.1 Å². The van der Waals surface area contributed by atoms with E-state index in [4.69, 9.17) is 0 Å². The van der Waals surface area contributed by atoms with Gasteiger partial charge in [0.2, 0.25) is 6.41 Å². The summed E-state index contributed by atoms with van der Waals surface area (Å²) in [5, 5.41) is 3.08. The molecule has 3 atom stereocenters. The van der Waals surface area contributed by atoms with Crippen LogP contribution in [0.25, 0.3) is 0 Å². The summed E-state index contributed by atoms with van der Waals surface area (Å²) < 4.78 is 0. The van der Waals surface area contributed by atoms with Gasteiger partial charge in [0.25, 0.3) is 0 Å². The molecule has 1 N–H and O–H groups in total. The van der Waals surface area contributed by atoms with Gasteiger partial charge in [0.05, 0.1) is 0 Å². The lowest BCUT2D eigenvalue weighted by Gasteiger charge is -2.27. The van der Waals surface area contributed by atoms with Gasteiger partial charge in [-0.1, -0.05) is 27.2 Å². The maximum absolute atomic E-state index is 10.6. The lowest BCUT2D eigenvalue weighted by atomic mass is 9.86. The van der Waals surface area contributed by atoms with Crippen molar-refractivity contribution in [2.24, 2.45) is 17.3 Å². The van der Waals surface area contributed by atoms with Crippen molar-refractivity contribution >= 4 is 6.41 Å². The van der Waals surface area contributed by atoms with Crippen molar-refractivity contribution in [3.05, 3.63) is 0 Å². The summed E-state index contributed by atoms with van der Waals surface area (Å²) in [5.74, 6) is 1.49. The van der Waals surface area contributed by atoms with Gasteiger partial charge in [-0.15, -0.1) is 0 Å². The van der Waals surface area contributed by atoms with Crippen LogP contribution in [0.5, 0.6) is 0 Å². The van der Waals surface area contributed by atoms with Crippen molar-refractivity contribution < 1.29 is 4.79 Å². The van der Waals surface area contributed by atoms with Crippen LogP contribution >= 0.6 is 0 Å². The zero-order chi connectivity index (χ0) is 9.69. The van der Waals surface area contributed by atoms with E-state index < -0.39 is 0 Å². The highest BCUT2D eigenvalue weighted by molar-refractivity contribution is 5.52. The van der Waals surface area contributed by atoms with Gasteiger partial charge < -0.3 is 5.32 Å². The molecule has 0 radical (unpaired) electrons. The smallest absolute Gasteiger partial charge is 0.207 e. The molecule has 0 aliphatic heterocycles. The monoisotopic (exact) mass is 181 g/mol. The number of fused-ring (bicyclic) bond motifs is 1. The molecule has 2 rings (SSSR count). The first-order valence-electron chi connectivity index (χ1n) is 5.26. The zero-order valence-electron chi connectivity index (χ0n) is 8.76. The highest BCUT2D eigenvalue weighted by atomic mass is 16.1. The number of carbonyl (C=O) groups excluding carboxylic acids is 1.